The van der Waals surface area contributed by atoms with Crippen molar-refractivity contribution in [2.75, 3.05) is 6.26 Å². The molecule has 0 unspecified atom stereocenters. The van der Waals surface area contributed by atoms with Crippen LogP contribution in [0.5, 0.6) is 0 Å². The lowest BCUT2D eigenvalue weighted by atomic mass is 10.1. The van der Waals surface area contributed by atoms with Crippen LogP contribution in [0.25, 0.3) is 17.3 Å². The molecule has 1 heterocycles. The first-order chi connectivity index (χ1) is 13.5. The molecular weight excluding hydrogens is 386 g/mol. The predicted molar refractivity (Wildman–Crippen MR) is 115 cm³/mol. The summed E-state index contributed by atoms with van der Waals surface area (Å²) in [6.07, 6.45) is 3.81. The highest BCUT2D eigenvalue weighted by atomic mass is 32.2. The summed E-state index contributed by atoms with van der Waals surface area (Å²) in [5.41, 5.74) is 3.19. The van der Waals surface area contributed by atoms with Gasteiger partial charge in [0.2, 0.25) is 0 Å². The summed E-state index contributed by atoms with van der Waals surface area (Å²) < 4.78 is 2.32. The molecule has 2 aromatic carbocycles. The van der Waals surface area contributed by atoms with Crippen molar-refractivity contribution in [3.8, 4) is 17.8 Å². The van der Waals surface area contributed by atoms with Crippen molar-refractivity contribution >= 4 is 34.7 Å². The first-order valence-electron chi connectivity index (χ1n) is 8.48. The minimum atomic E-state index is -0.231. The molecule has 28 heavy (non-hydrogen) atoms. The van der Waals surface area contributed by atoms with E-state index in [1.165, 1.54) is 15.9 Å². The number of hydrogen-bond acceptors (Lipinski definition) is 5. The maximum absolute atomic E-state index is 13.2. The SMILES string of the molecule is CSc1ccc(C=c2sc(=C(C#N)C#N)n(-c3cc(C)ccc3C)c2=O)cc1. The molecule has 0 amide bonds. The molecule has 6 heteroatoms. The second-order valence-electron chi connectivity index (χ2n) is 6.22. The minimum Gasteiger partial charge on any atom is -0.267 e. The molecule has 3 rings (SSSR count). The molecule has 0 spiro atoms. The standard InChI is InChI=1S/C22H17N3OS2/c1-14-4-5-15(2)19(10-14)25-21(26)20(28-22(25)17(12-23)13-24)11-16-6-8-18(27-3)9-7-16/h4-11H,1-3H3. The zero-order valence-electron chi connectivity index (χ0n) is 15.7. The number of rotatable bonds is 3. The van der Waals surface area contributed by atoms with Crippen LogP contribution < -0.4 is 14.8 Å². The Morgan fingerprint density at radius 2 is 1.79 bits per heavy atom. The highest BCUT2D eigenvalue weighted by Gasteiger charge is 2.13. The molecule has 0 aliphatic rings. The average Bonchev–Trinajstić information content (AvgIpc) is 3.01. The van der Waals surface area contributed by atoms with Gasteiger partial charge in [-0.3, -0.25) is 9.36 Å². The van der Waals surface area contributed by atoms with Crippen molar-refractivity contribution in [3.05, 3.63) is 78.7 Å². The molecule has 0 bridgehead atoms. The van der Waals surface area contributed by atoms with Gasteiger partial charge >= 0.3 is 0 Å². The van der Waals surface area contributed by atoms with Gasteiger partial charge in [-0.05, 0) is 61.1 Å². The highest BCUT2D eigenvalue weighted by Crippen LogP contribution is 2.15. The summed E-state index contributed by atoms with van der Waals surface area (Å²) >= 11 is 2.82. The van der Waals surface area contributed by atoms with Crippen LogP contribution in [-0.2, 0) is 0 Å². The number of aryl methyl sites for hydroxylation is 2. The highest BCUT2D eigenvalue weighted by molar-refractivity contribution is 7.98. The van der Waals surface area contributed by atoms with Crippen LogP contribution in [0.3, 0.4) is 0 Å². The average molecular weight is 404 g/mol. The molecule has 1 aromatic heterocycles. The smallest absolute Gasteiger partial charge is 0.267 e. The number of thiazole rings is 1. The summed E-state index contributed by atoms with van der Waals surface area (Å²) in [6.45, 7) is 3.85. The van der Waals surface area contributed by atoms with Gasteiger partial charge in [0.05, 0.1) is 10.2 Å². The maximum atomic E-state index is 13.2. The first-order valence-corrected chi connectivity index (χ1v) is 10.5. The monoisotopic (exact) mass is 403 g/mol. The van der Waals surface area contributed by atoms with Crippen LogP contribution in [0.1, 0.15) is 16.7 Å². The van der Waals surface area contributed by atoms with Gasteiger partial charge in [-0.2, -0.15) is 10.5 Å². The Bertz CT molecular complexity index is 1280. The molecular formula is C22H17N3OS2. The Labute approximate surface area is 171 Å². The third-order valence-electron chi connectivity index (χ3n) is 4.28. The molecule has 0 N–H and O–H groups in total. The van der Waals surface area contributed by atoms with Crippen molar-refractivity contribution in [1.29, 1.82) is 10.5 Å². The molecule has 0 atom stereocenters. The summed E-state index contributed by atoms with van der Waals surface area (Å²) in [4.78, 5) is 14.4. The largest absolute Gasteiger partial charge is 0.273 e. The lowest BCUT2D eigenvalue weighted by molar-refractivity contribution is 0.972. The normalized spacial score (nSPS) is 11.1. The third kappa shape index (κ3) is 3.80. The van der Waals surface area contributed by atoms with Gasteiger partial charge in [0, 0.05) is 4.90 Å². The van der Waals surface area contributed by atoms with E-state index in [1.54, 1.807) is 17.8 Å². The predicted octanol–water partition coefficient (Wildman–Crippen LogP) is 3.26. The van der Waals surface area contributed by atoms with Crippen molar-refractivity contribution in [2.24, 2.45) is 0 Å². The second-order valence-corrected chi connectivity index (χ2v) is 8.13. The quantitative estimate of drug-likeness (QED) is 0.630. The Kier molecular flexibility index (Phi) is 5.84. The summed E-state index contributed by atoms with van der Waals surface area (Å²) in [6, 6.07) is 17.5. The van der Waals surface area contributed by atoms with Gasteiger partial charge in [0.1, 0.15) is 16.8 Å². The first kappa shape index (κ1) is 19.7. The fraction of sp³-hybridized carbons (Fsp3) is 0.136. The van der Waals surface area contributed by atoms with E-state index in [-0.39, 0.29) is 11.1 Å². The van der Waals surface area contributed by atoms with Crippen molar-refractivity contribution in [3.63, 3.8) is 0 Å². The van der Waals surface area contributed by atoms with Gasteiger partial charge in [-0.1, -0.05) is 24.3 Å². The fourth-order valence-corrected chi connectivity index (χ4v) is 4.26. The molecule has 0 aliphatic carbocycles. The minimum absolute atomic E-state index is 0.0691. The molecule has 0 fully saturated rings. The van der Waals surface area contributed by atoms with Crippen molar-refractivity contribution < 1.29 is 0 Å². The van der Waals surface area contributed by atoms with Crippen LogP contribution in [0.2, 0.25) is 0 Å². The van der Waals surface area contributed by atoms with E-state index in [9.17, 15) is 15.3 Å². The molecule has 0 saturated heterocycles. The zero-order chi connectivity index (χ0) is 20.3. The summed E-state index contributed by atoms with van der Waals surface area (Å²) in [7, 11) is 0. The van der Waals surface area contributed by atoms with Gasteiger partial charge < -0.3 is 0 Å². The lowest BCUT2D eigenvalue weighted by Crippen LogP contribution is -2.31. The van der Waals surface area contributed by atoms with Crippen LogP contribution >= 0.6 is 23.1 Å². The molecule has 4 nitrogen and oxygen atoms in total. The fourth-order valence-electron chi connectivity index (χ4n) is 2.80. The van der Waals surface area contributed by atoms with Crippen molar-refractivity contribution in [2.45, 2.75) is 18.7 Å². The van der Waals surface area contributed by atoms with Crippen LogP contribution in [0, 0.1) is 36.5 Å². The van der Waals surface area contributed by atoms with E-state index >= 15 is 0 Å². The van der Waals surface area contributed by atoms with E-state index in [1.807, 2.05) is 74.7 Å². The third-order valence-corrected chi connectivity index (χ3v) is 6.12. The van der Waals surface area contributed by atoms with Gasteiger partial charge in [0.15, 0.2) is 5.57 Å². The number of nitriles is 2. The van der Waals surface area contributed by atoms with Crippen LogP contribution in [0.15, 0.2) is 52.2 Å². The topological polar surface area (TPSA) is 69.6 Å². The van der Waals surface area contributed by atoms with Gasteiger partial charge in [-0.15, -0.1) is 23.1 Å². The summed E-state index contributed by atoms with van der Waals surface area (Å²) in [5.74, 6) is 0. The Balaban J connectivity index is 2.37. The molecule has 0 saturated carbocycles. The number of hydrogen-bond donors (Lipinski definition) is 0. The second kappa shape index (κ2) is 8.31. The summed E-state index contributed by atoms with van der Waals surface area (Å²) in [5, 5.41) is 18.8. The molecule has 138 valence electrons. The Hall–Kier alpha value is -3.06. The van der Waals surface area contributed by atoms with Crippen LogP contribution in [-0.4, -0.2) is 10.8 Å². The van der Waals surface area contributed by atoms with E-state index < -0.39 is 0 Å². The zero-order valence-corrected chi connectivity index (χ0v) is 17.3. The van der Waals surface area contributed by atoms with E-state index in [0.717, 1.165) is 21.6 Å². The molecule has 3 aromatic rings. The number of nitrogens with zero attached hydrogens (tertiary/aromatic N) is 3. The van der Waals surface area contributed by atoms with E-state index in [0.29, 0.717) is 14.9 Å². The lowest BCUT2D eigenvalue weighted by Gasteiger charge is -2.07. The molecule has 0 radical (unpaired) electrons. The van der Waals surface area contributed by atoms with E-state index in [2.05, 4.69) is 0 Å². The van der Waals surface area contributed by atoms with E-state index in [4.69, 9.17) is 0 Å². The number of benzene rings is 2. The Morgan fingerprint density at radius 3 is 2.39 bits per heavy atom. The van der Waals surface area contributed by atoms with Crippen molar-refractivity contribution in [1.82, 2.24) is 4.57 Å². The maximum Gasteiger partial charge on any atom is 0.273 e. The van der Waals surface area contributed by atoms with Gasteiger partial charge in [0.25, 0.3) is 5.56 Å². The van der Waals surface area contributed by atoms with Gasteiger partial charge in [-0.25, -0.2) is 0 Å². The number of thioether (sulfide) groups is 1. The molecule has 0 aliphatic heterocycles. The number of aromatic nitrogens is 1. The van der Waals surface area contributed by atoms with Crippen LogP contribution in [0.4, 0.5) is 0 Å². The Morgan fingerprint density at radius 1 is 1.11 bits per heavy atom.